The van der Waals surface area contributed by atoms with E-state index in [1.807, 2.05) is 13.0 Å². The predicted molar refractivity (Wildman–Crippen MR) is 64.9 cm³/mol. The van der Waals surface area contributed by atoms with Crippen LogP contribution in [0.5, 0.6) is 0 Å². The van der Waals surface area contributed by atoms with Crippen LogP contribution in [0.4, 0.5) is 4.39 Å². The summed E-state index contributed by atoms with van der Waals surface area (Å²) in [5, 5.41) is 0. The largest absolute Gasteiger partial charge is 0.379 e. The number of benzene rings is 1. The summed E-state index contributed by atoms with van der Waals surface area (Å²) in [7, 11) is 0. The molecule has 0 N–H and O–H groups in total. The lowest BCUT2D eigenvalue weighted by Crippen LogP contribution is -2.35. The Morgan fingerprint density at radius 3 is 2.75 bits per heavy atom. The molecule has 0 unspecified atom stereocenters. The first-order valence-electron chi connectivity index (χ1n) is 5.41. The van der Waals surface area contributed by atoms with Gasteiger partial charge in [-0.15, -0.1) is 0 Å². The topological polar surface area (TPSA) is 12.5 Å². The molecule has 2 nitrogen and oxygen atoms in total. The quantitative estimate of drug-likeness (QED) is 0.829. The Morgan fingerprint density at radius 1 is 1.38 bits per heavy atom. The normalized spacial score (nSPS) is 17.7. The van der Waals surface area contributed by atoms with Crippen LogP contribution < -0.4 is 0 Å². The zero-order valence-corrected chi connectivity index (χ0v) is 10.9. The predicted octanol–water partition coefficient (Wildman–Crippen LogP) is 2.73. The van der Waals surface area contributed by atoms with Crippen molar-refractivity contribution >= 4 is 15.9 Å². The number of rotatable bonds is 2. The maximum atomic E-state index is 13.4. The molecule has 1 fully saturated rings. The van der Waals surface area contributed by atoms with Gasteiger partial charge in [0.2, 0.25) is 0 Å². The Labute approximate surface area is 104 Å². The average Bonchev–Trinajstić information content (AvgIpc) is 2.27. The summed E-state index contributed by atoms with van der Waals surface area (Å²) in [4.78, 5) is 2.29. The molecule has 1 aromatic carbocycles. The van der Waals surface area contributed by atoms with E-state index in [1.54, 1.807) is 6.07 Å². The number of ether oxygens (including phenoxy) is 1. The Morgan fingerprint density at radius 2 is 2.06 bits per heavy atom. The van der Waals surface area contributed by atoms with Gasteiger partial charge in [0, 0.05) is 19.6 Å². The van der Waals surface area contributed by atoms with Crippen LogP contribution >= 0.6 is 15.9 Å². The lowest BCUT2D eigenvalue weighted by molar-refractivity contribution is 0.0341. The highest BCUT2D eigenvalue weighted by Crippen LogP contribution is 2.21. The Kier molecular flexibility index (Phi) is 3.95. The van der Waals surface area contributed by atoms with Gasteiger partial charge < -0.3 is 4.74 Å². The molecule has 4 heteroatoms. The Hall–Kier alpha value is -0.450. The van der Waals surface area contributed by atoms with Gasteiger partial charge in [0.15, 0.2) is 0 Å². The summed E-state index contributed by atoms with van der Waals surface area (Å²) >= 11 is 3.20. The zero-order chi connectivity index (χ0) is 11.5. The first-order valence-corrected chi connectivity index (χ1v) is 6.21. The van der Waals surface area contributed by atoms with E-state index >= 15 is 0 Å². The van der Waals surface area contributed by atoms with E-state index in [0.717, 1.165) is 44.0 Å². The zero-order valence-electron chi connectivity index (χ0n) is 9.30. The first-order chi connectivity index (χ1) is 7.66. The molecule has 88 valence electrons. The Balaban J connectivity index is 2.11. The van der Waals surface area contributed by atoms with Crippen molar-refractivity contribution in [2.24, 2.45) is 0 Å². The summed E-state index contributed by atoms with van der Waals surface area (Å²) in [6, 6.07) is 3.46. The lowest BCUT2D eigenvalue weighted by atomic mass is 10.1. The minimum atomic E-state index is -0.186. The van der Waals surface area contributed by atoms with Gasteiger partial charge in [0.25, 0.3) is 0 Å². The van der Waals surface area contributed by atoms with Gasteiger partial charge in [-0.25, -0.2) is 4.39 Å². The third-order valence-electron chi connectivity index (χ3n) is 2.88. The maximum Gasteiger partial charge on any atom is 0.137 e. The highest BCUT2D eigenvalue weighted by molar-refractivity contribution is 9.10. The van der Waals surface area contributed by atoms with E-state index in [4.69, 9.17) is 4.74 Å². The van der Waals surface area contributed by atoms with Gasteiger partial charge in [0.1, 0.15) is 5.82 Å². The molecule has 16 heavy (non-hydrogen) atoms. The summed E-state index contributed by atoms with van der Waals surface area (Å²) < 4.78 is 19.2. The van der Waals surface area contributed by atoms with E-state index in [1.165, 1.54) is 0 Å². The molecule has 1 aliphatic rings. The molecule has 0 bridgehead atoms. The van der Waals surface area contributed by atoms with Crippen LogP contribution in [0.3, 0.4) is 0 Å². The van der Waals surface area contributed by atoms with Gasteiger partial charge in [0.05, 0.1) is 17.7 Å². The number of nitrogens with zero attached hydrogens (tertiary/aromatic N) is 1. The molecule has 0 aliphatic carbocycles. The standard InChI is InChI=1S/C12H15BrFNO/c1-9-6-11(13)12(14)7-10(9)8-15-2-4-16-5-3-15/h6-7H,2-5,8H2,1H3. The fourth-order valence-corrected chi connectivity index (χ4v) is 2.32. The first kappa shape index (κ1) is 12.0. The monoisotopic (exact) mass is 287 g/mol. The molecule has 0 saturated carbocycles. The third kappa shape index (κ3) is 2.81. The molecular formula is C12H15BrFNO. The minimum absolute atomic E-state index is 0.186. The van der Waals surface area contributed by atoms with Crippen LogP contribution in [-0.4, -0.2) is 31.2 Å². The van der Waals surface area contributed by atoms with Crippen LogP contribution in [0.1, 0.15) is 11.1 Å². The molecule has 0 atom stereocenters. The average molecular weight is 288 g/mol. The molecule has 1 aliphatic heterocycles. The molecule has 2 rings (SSSR count). The van der Waals surface area contributed by atoms with Crippen molar-refractivity contribution in [1.82, 2.24) is 4.90 Å². The van der Waals surface area contributed by atoms with E-state index < -0.39 is 0 Å². The van der Waals surface area contributed by atoms with Gasteiger partial charge >= 0.3 is 0 Å². The van der Waals surface area contributed by atoms with Crippen LogP contribution in [0.15, 0.2) is 16.6 Å². The van der Waals surface area contributed by atoms with Crippen LogP contribution in [-0.2, 0) is 11.3 Å². The molecule has 0 aromatic heterocycles. The number of aryl methyl sites for hydroxylation is 1. The molecule has 0 spiro atoms. The van der Waals surface area contributed by atoms with Crippen molar-refractivity contribution in [1.29, 1.82) is 0 Å². The minimum Gasteiger partial charge on any atom is -0.379 e. The number of halogens is 2. The summed E-state index contributed by atoms with van der Waals surface area (Å²) in [6.07, 6.45) is 0. The molecule has 1 saturated heterocycles. The second-order valence-electron chi connectivity index (χ2n) is 4.08. The second kappa shape index (κ2) is 5.25. The molecular weight excluding hydrogens is 273 g/mol. The molecule has 0 radical (unpaired) electrons. The highest BCUT2D eigenvalue weighted by Gasteiger charge is 2.13. The molecule has 1 heterocycles. The summed E-state index contributed by atoms with van der Waals surface area (Å²) in [5.74, 6) is -0.186. The smallest absolute Gasteiger partial charge is 0.137 e. The van der Waals surface area contributed by atoms with Crippen LogP contribution in [0.25, 0.3) is 0 Å². The van der Waals surface area contributed by atoms with Crippen molar-refractivity contribution in [3.63, 3.8) is 0 Å². The fraction of sp³-hybridized carbons (Fsp3) is 0.500. The van der Waals surface area contributed by atoms with Crippen molar-refractivity contribution in [2.75, 3.05) is 26.3 Å². The van der Waals surface area contributed by atoms with E-state index in [0.29, 0.717) is 4.47 Å². The summed E-state index contributed by atoms with van der Waals surface area (Å²) in [6.45, 7) is 6.23. The van der Waals surface area contributed by atoms with Crippen LogP contribution in [0, 0.1) is 12.7 Å². The van der Waals surface area contributed by atoms with Crippen molar-refractivity contribution < 1.29 is 9.13 Å². The molecule has 1 aromatic rings. The van der Waals surface area contributed by atoms with Gasteiger partial charge in [-0.3, -0.25) is 4.90 Å². The van der Waals surface area contributed by atoms with E-state index in [2.05, 4.69) is 20.8 Å². The van der Waals surface area contributed by atoms with Crippen molar-refractivity contribution in [3.8, 4) is 0 Å². The van der Waals surface area contributed by atoms with Crippen molar-refractivity contribution in [2.45, 2.75) is 13.5 Å². The number of morpholine rings is 1. The molecule has 0 amide bonds. The lowest BCUT2D eigenvalue weighted by Gasteiger charge is -2.27. The third-order valence-corrected chi connectivity index (χ3v) is 3.48. The second-order valence-corrected chi connectivity index (χ2v) is 4.94. The van der Waals surface area contributed by atoms with E-state index in [9.17, 15) is 4.39 Å². The Bertz CT molecular complexity index is 378. The summed E-state index contributed by atoms with van der Waals surface area (Å²) in [5.41, 5.74) is 2.18. The number of hydrogen-bond acceptors (Lipinski definition) is 2. The van der Waals surface area contributed by atoms with Gasteiger partial charge in [-0.2, -0.15) is 0 Å². The van der Waals surface area contributed by atoms with E-state index in [-0.39, 0.29) is 5.82 Å². The van der Waals surface area contributed by atoms with Crippen molar-refractivity contribution in [3.05, 3.63) is 33.5 Å². The van der Waals surface area contributed by atoms with Gasteiger partial charge in [-0.05, 0) is 46.1 Å². The van der Waals surface area contributed by atoms with Gasteiger partial charge in [-0.1, -0.05) is 0 Å². The number of hydrogen-bond donors (Lipinski definition) is 0. The van der Waals surface area contributed by atoms with Crippen LogP contribution in [0.2, 0.25) is 0 Å². The highest BCUT2D eigenvalue weighted by atomic mass is 79.9. The SMILES string of the molecule is Cc1cc(Br)c(F)cc1CN1CCOCC1. The fourth-order valence-electron chi connectivity index (χ4n) is 1.86. The maximum absolute atomic E-state index is 13.4.